The van der Waals surface area contributed by atoms with Gasteiger partial charge in [-0.15, -0.1) is 0 Å². The SMILES string of the molecule is COc1ccc(Cc2cccc(C(N)=O)c2NC2CCSCC2)cc1OC. The van der Waals surface area contributed by atoms with Crippen molar-refractivity contribution in [1.82, 2.24) is 0 Å². The summed E-state index contributed by atoms with van der Waals surface area (Å²) in [6.07, 6.45) is 2.85. The number of carbonyl (C=O) groups excluding carboxylic acids is 1. The van der Waals surface area contributed by atoms with Crippen molar-refractivity contribution in [2.75, 3.05) is 31.0 Å². The molecule has 144 valence electrons. The summed E-state index contributed by atoms with van der Waals surface area (Å²) in [5.41, 5.74) is 9.18. The number of rotatable bonds is 7. The van der Waals surface area contributed by atoms with Gasteiger partial charge in [-0.05, 0) is 60.1 Å². The number of carbonyl (C=O) groups is 1. The van der Waals surface area contributed by atoms with E-state index in [4.69, 9.17) is 15.2 Å². The van der Waals surface area contributed by atoms with Crippen molar-refractivity contribution in [2.45, 2.75) is 25.3 Å². The van der Waals surface area contributed by atoms with E-state index in [0.29, 0.717) is 29.5 Å². The van der Waals surface area contributed by atoms with Crippen molar-refractivity contribution in [3.8, 4) is 11.5 Å². The van der Waals surface area contributed by atoms with Crippen LogP contribution in [-0.2, 0) is 6.42 Å². The lowest BCUT2D eigenvalue weighted by molar-refractivity contribution is 0.100. The number of hydrogen-bond donors (Lipinski definition) is 2. The fourth-order valence-corrected chi connectivity index (χ4v) is 4.49. The number of anilines is 1. The minimum atomic E-state index is -0.406. The van der Waals surface area contributed by atoms with Crippen LogP contribution in [-0.4, -0.2) is 37.7 Å². The van der Waals surface area contributed by atoms with Gasteiger partial charge in [-0.2, -0.15) is 11.8 Å². The predicted molar refractivity (Wildman–Crippen MR) is 111 cm³/mol. The number of methoxy groups -OCH3 is 2. The maximum atomic E-state index is 12.0. The van der Waals surface area contributed by atoms with Gasteiger partial charge >= 0.3 is 0 Å². The summed E-state index contributed by atoms with van der Waals surface area (Å²) in [5, 5.41) is 3.60. The third-order valence-electron chi connectivity index (χ3n) is 4.83. The second-order valence-electron chi connectivity index (χ2n) is 6.60. The Kier molecular flexibility index (Phi) is 6.50. The summed E-state index contributed by atoms with van der Waals surface area (Å²) >= 11 is 1.98. The zero-order valence-corrected chi connectivity index (χ0v) is 16.6. The molecule has 3 N–H and O–H groups in total. The molecule has 2 aromatic rings. The number of para-hydroxylation sites is 1. The average molecular weight is 387 g/mol. The molecule has 1 fully saturated rings. The van der Waals surface area contributed by atoms with E-state index in [9.17, 15) is 4.79 Å². The van der Waals surface area contributed by atoms with Gasteiger partial charge in [-0.3, -0.25) is 4.79 Å². The van der Waals surface area contributed by atoms with Crippen LogP contribution in [0, 0.1) is 0 Å². The fraction of sp³-hybridized carbons (Fsp3) is 0.381. The Morgan fingerprint density at radius 3 is 2.56 bits per heavy atom. The van der Waals surface area contributed by atoms with Gasteiger partial charge in [0.15, 0.2) is 11.5 Å². The molecule has 5 nitrogen and oxygen atoms in total. The van der Waals surface area contributed by atoms with E-state index in [1.54, 1.807) is 20.3 Å². The smallest absolute Gasteiger partial charge is 0.250 e. The molecule has 0 spiro atoms. The number of benzene rings is 2. The highest BCUT2D eigenvalue weighted by molar-refractivity contribution is 7.99. The summed E-state index contributed by atoms with van der Waals surface area (Å²) in [7, 11) is 3.25. The van der Waals surface area contributed by atoms with Crippen LogP contribution in [0.1, 0.15) is 34.3 Å². The maximum absolute atomic E-state index is 12.0. The summed E-state index contributed by atoms with van der Waals surface area (Å²) in [6.45, 7) is 0. The van der Waals surface area contributed by atoms with E-state index in [-0.39, 0.29) is 0 Å². The highest BCUT2D eigenvalue weighted by Crippen LogP contribution is 2.31. The first-order valence-corrected chi connectivity index (χ1v) is 10.2. The third-order valence-corrected chi connectivity index (χ3v) is 5.88. The zero-order chi connectivity index (χ0) is 19.2. The van der Waals surface area contributed by atoms with Crippen molar-refractivity contribution in [1.29, 1.82) is 0 Å². The molecule has 6 heteroatoms. The molecule has 0 radical (unpaired) electrons. The van der Waals surface area contributed by atoms with Crippen molar-refractivity contribution < 1.29 is 14.3 Å². The topological polar surface area (TPSA) is 73.6 Å². The standard InChI is InChI=1S/C21H26N2O3S/c1-25-18-7-6-14(13-19(18)26-2)12-15-4-3-5-17(21(22)24)20(15)23-16-8-10-27-11-9-16/h3-7,13,16,23H,8-12H2,1-2H3,(H2,22,24). The largest absolute Gasteiger partial charge is 0.493 e. The third kappa shape index (κ3) is 4.69. The first-order valence-electron chi connectivity index (χ1n) is 9.09. The van der Waals surface area contributed by atoms with Gasteiger partial charge < -0.3 is 20.5 Å². The number of nitrogens with one attached hydrogen (secondary N) is 1. The molecule has 2 aromatic carbocycles. The van der Waals surface area contributed by atoms with Gasteiger partial charge in [0.05, 0.1) is 25.5 Å². The van der Waals surface area contributed by atoms with Crippen LogP contribution < -0.4 is 20.5 Å². The molecule has 0 atom stereocenters. The Balaban J connectivity index is 1.92. The van der Waals surface area contributed by atoms with Crippen molar-refractivity contribution in [2.24, 2.45) is 5.73 Å². The molecule has 0 bridgehead atoms. The number of ether oxygens (including phenoxy) is 2. The maximum Gasteiger partial charge on any atom is 0.250 e. The van der Waals surface area contributed by atoms with Crippen molar-refractivity contribution >= 4 is 23.4 Å². The van der Waals surface area contributed by atoms with Crippen LogP contribution in [0.15, 0.2) is 36.4 Å². The molecule has 0 unspecified atom stereocenters. The van der Waals surface area contributed by atoms with Crippen LogP contribution in [0.25, 0.3) is 0 Å². The van der Waals surface area contributed by atoms with Gasteiger partial charge in [0.25, 0.3) is 5.91 Å². The Bertz CT molecular complexity index is 804. The van der Waals surface area contributed by atoms with Gasteiger partial charge in [-0.25, -0.2) is 0 Å². The van der Waals surface area contributed by atoms with Crippen LogP contribution in [0.3, 0.4) is 0 Å². The van der Waals surface area contributed by atoms with Gasteiger partial charge in [-0.1, -0.05) is 18.2 Å². The average Bonchev–Trinajstić information content (AvgIpc) is 2.69. The number of thioether (sulfide) groups is 1. The molecule has 1 aliphatic rings. The fourth-order valence-electron chi connectivity index (χ4n) is 3.38. The number of primary amides is 1. The summed E-state index contributed by atoms with van der Waals surface area (Å²) in [5.74, 6) is 3.27. The summed E-state index contributed by atoms with van der Waals surface area (Å²) in [6, 6.07) is 12.0. The van der Waals surface area contributed by atoms with Crippen LogP contribution in [0.5, 0.6) is 11.5 Å². The van der Waals surface area contributed by atoms with Gasteiger partial charge in [0.1, 0.15) is 0 Å². The molecule has 27 heavy (non-hydrogen) atoms. The second-order valence-corrected chi connectivity index (χ2v) is 7.83. The molecule has 1 saturated heterocycles. The molecule has 0 aliphatic carbocycles. The molecular weight excluding hydrogens is 360 g/mol. The lowest BCUT2D eigenvalue weighted by Crippen LogP contribution is -2.27. The Hall–Kier alpha value is -2.34. The molecule has 1 amide bonds. The molecular formula is C21H26N2O3S. The number of hydrogen-bond acceptors (Lipinski definition) is 5. The predicted octanol–water partition coefficient (Wildman–Crippen LogP) is 3.70. The van der Waals surface area contributed by atoms with E-state index in [0.717, 1.165) is 41.2 Å². The molecule has 1 heterocycles. The minimum absolute atomic E-state index is 0.371. The zero-order valence-electron chi connectivity index (χ0n) is 15.8. The molecule has 3 rings (SSSR count). The normalized spacial score (nSPS) is 14.6. The van der Waals surface area contributed by atoms with Crippen LogP contribution in [0.4, 0.5) is 5.69 Å². The second kappa shape index (κ2) is 9.04. The summed E-state index contributed by atoms with van der Waals surface area (Å²) in [4.78, 5) is 12.0. The lowest BCUT2D eigenvalue weighted by Gasteiger charge is -2.26. The molecule has 0 aromatic heterocycles. The monoisotopic (exact) mass is 386 g/mol. The van der Waals surface area contributed by atoms with Crippen LogP contribution in [0.2, 0.25) is 0 Å². The highest BCUT2D eigenvalue weighted by atomic mass is 32.2. The van der Waals surface area contributed by atoms with Crippen molar-refractivity contribution in [3.05, 3.63) is 53.1 Å². The Morgan fingerprint density at radius 2 is 1.89 bits per heavy atom. The first-order chi connectivity index (χ1) is 13.1. The Morgan fingerprint density at radius 1 is 1.15 bits per heavy atom. The van der Waals surface area contributed by atoms with Crippen molar-refractivity contribution in [3.63, 3.8) is 0 Å². The van der Waals surface area contributed by atoms with Gasteiger partial charge in [0, 0.05) is 6.04 Å². The van der Waals surface area contributed by atoms with E-state index in [2.05, 4.69) is 5.32 Å². The number of amides is 1. The first kappa shape index (κ1) is 19.4. The van der Waals surface area contributed by atoms with E-state index >= 15 is 0 Å². The van der Waals surface area contributed by atoms with E-state index in [1.807, 2.05) is 42.1 Å². The van der Waals surface area contributed by atoms with Crippen LogP contribution >= 0.6 is 11.8 Å². The quantitative estimate of drug-likeness (QED) is 0.759. The number of nitrogens with two attached hydrogens (primary N) is 1. The summed E-state index contributed by atoms with van der Waals surface area (Å²) < 4.78 is 10.7. The lowest BCUT2D eigenvalue weighted by atomic mass is 9.98. The van der Waals surface area contributed by atoms with E-state index in [1.165, 1.54) is 0 Å². The molecule has 0 saturated carbocycles. The van der Waals surface area contributed by atoms with Gasteiger partial charge in [0.2, 0.25) is 0 Å². The Labute approximate surface area is 164 Å². The minimum Gasteiger partial charge on any atom is -0.493 e. The molecule has 1 aliphatic heterocycles. The highest BCUT2D eigenvalue weighted by Gasteiger charge is 2.19. The van der Waals surface area contributed by atoms with E-state index < -0.39 is 5.91 Å².